The number of nitrogens with zero attached hydrogens (tertiary/aromatic N) is 1. The highest BCUT2D eigenvalue weighted by molar-refractivity contribution is 6.34. The van der Waals surface area contributed by atoms with Crippen molar-refractivity contribution in [3.05, 3.63) is 28.3 Å². The first-order chi connectivity index (χ1) is 9.28. The number of hydrogen-bond acceptors (Lipinski definition) is 3. The van der Waals surface area contributed by atoms with Crippen LogP contribution in [0.25, 0.3) is 0 Å². The lowest BCUT2D eigenvalue weighted by atomic mass is 10.0. The van der Waals surface area contributed by atoms with Crippen molar-refractivity contribution in [3.8, 4) is 0 Å². The van der Waals surface area contributed by atoms with Gasteiger partial charge in [-0.25, -0.2) is 4.79 Å². The number of anilines is 1. The van der Waals surface area contributed by atoms with Crippen LogP contribution in [0.1, 0.15) is 31.9 Å². The minimum atomic E-state index is -0.474. The van der Waals surface area contributed by atoms with Gasteiger partial charge in [-0.05, 0) is 50.8 Å². The van der Waals surface area contributed by atoms with E-state index >= 15 is 0 Å². The number of hydrogen-bond donors (Lipinski definition) is 1. The van der Waals surface area contributed by atoms with E-state index in [4.69, 9.17) is 22.1 Å². The third-order valence-corrected chi connectivity index (χ3v) is 3.75. The molecule has 0 saturated heterocycles. The quantitative estimate of drug-likeness (QED) is 0.748. The lowest BCUT2D eigenvalue weighted by Gasteiger charge is -2.26. The minimum Gasteiger partial charge on any atom is -0.444 e. The molecular formula is C15H21ClN2O2. The molecule has 0 aliphatic carbocycles. The summed E-state index contributed by atoms with van der Waals surface area (Å²) >= 11 is 6.26. The van der Waals surface area contributed by atoms with E-state index in [1.165, 1.54) is 0 Å². The lowest BCUT2D eigenvalue weighted by Crippen LogP contribution is -2.38. The van der Waals surface area contributed by atoms with E-state index in [1.54, 1.807) is 4.90 Å². The Morgan fingerprint density at radius 1 is 1.30 bits per heavy atom. The fourth-order valence-electron chi connectivity index (χ4n) is 2.31. The average molecular weight is 297 g/mol. The van der Waals surface area contributed by atoms with Gasteiger partial charge in [0, 0.05) is 13.1 Å². The summed E-state index contributed by atoms with van der Waals surface area (Å²) < 4.78 is 5.41. The lowest BCUT2D eigenvalue weighted by molar-refractivity contribution is 0.0258. The van der Waals surface area contributed by atoms with Crippen LogP contribution in [0.5, 0.6) is 0 Å². The van der Waals surface area contributed by atoms with E-state index in [9.17, 15) is 4.79 Å². The summed E-state index contributed by atoms with van der Waals surface area (Å²) in [7, 11) is 0. The number of carbonyl (C=O) groups is 1. The third kappa shape index (κ3) is 3.37. The predicted octanol–water partition coefficient (Wildman–Crippen LogP) is 3.26. The van der Waals surface area contributed by atoms with E-state index in [0.717, 1.165) is 17.5 Å². The maximum Gasteiger partial charge on any atom is 0.410 e. The predicted molar refractivity (Wildman–Crippen MR) is 81.1 cm³/mol. The largest absolute Gasteiger partial charge is 0.444 e. The Kier molecular flexibility index (Phi) is 4.14. The van der Waals surface area contributed by atoms with E-state index in [1.807, 2.05) is 32.9 Å². The van der Waals surface area contributed by atoms with Gasteiger partial charge in [0.15, 0.2) is 0 Å². The zero-order chi connectivity index (χ0) is 14.9. The topological polar surface area (TPSA) is 55.6 Å². The van der Waals surface area contributed by atoms with Gasteiger partial charge in [-0.15, -0.1) is 0 Å². The molecule has 0 bridgehead atoms. The first-order valence-corrected chi connectivity index (χ1v) is 7.19. The van der Waals surface area contributed by atoms with Crippen LogP contribution in [0.3, 0.4) is 0 Å². The van der Waals surface area contributed by atoms with Gasteiger partial charge < -0.3 is 15.4 Å². The second kappa shape index (κ2) is 5.52. The van der Waals surface area contributed by atoms with E-state index in [0.29, 0.717) is 30.2 Å². The SMILES string of the molecule is CC(C)(C)OC(=O)N1CCc2ccc(N)c(Cl)c2CC1. The van der Waals surface area contributed by atoms with Gasteiger partial charge in [0.1, 0.15) is 5.60 Å². The van der Waals surface area contributed by atoms with Crippen LogP contribution in [0.15, 0.2) is 12.1 Å². The van der Waals surface area contributed by atoms with Crippen LogP contribution in [0.2, 0.25) is 5.02 Å². The van der Waals surface area contributed by atoms with Gasteiger partial charge >= 0.3 is 6.09 Å². The van der Waals surface area contributed by atoms with Gasteiger partial charge in [-0.1, -0.05) is 17.7 Å². The maximum atomic E-state index is 12.1. The van der Waals surface area contributed by atoms with Crippen LogP contribution in [0.4, 0.5) is 10.5 Å². The molecule has 2 rings (SSSR count). The molecule has 0 spiro atoms. The van der Waals surface area contributed by atoms with Crippen LogP contribution in [0, 0.1) is 0 Å². The first kappa shape index (κ1) is 15.0. The van der Waals surface area contributed by atoms with Crippen LogP contribution in [-0.4, -0.2) is 29.7 Å². The monoisotopic (exact) mass is 296 g/mol. The Morgan fingerprint density at radius 2 is 1.95 bits per heavy atom. The van der Waals surface area contributed by atoms with Crippen molar-refractivity contribution < 1.29 is 9.53 Å². The summed E-state index contributed by atoms with van der Waals surface area (Å²) in [5.74, 6) is 0. The standard InChI is InChI=1S/C15H21ClN2O2/c1-15(2,3)20-14(19)18-8-6-10-4-5-12(17)13(16)11(10)7-9-18/h4-5H,6-9,17H2,1-3H3. The smallest absolute Gasteiger partial charge is 0.410 e. The second-order valence-electron chi connectivity index (χ2n) is 6.07. The van der Waals surface area contributed by atoms with Crippen molar-refractivity contribution in [1.29, 1.82) is 0 Å². The first-order valence-electron chi connectivity index (χ1n) is 6.81. The van der Waals surface area contributed by atoms with Gasteiger partial charge in [0.25, 0.3) is 0 Å². The number of benzene rings is 1. The van der Waals surface area contributed by atoms with E-state index in [2.05, 4.69) is 0 Å². The van der Waals surface area contributed by atoms with E-state index < -0.39 is 5.60 Å². The molecule has 0 fully saturated rings. The molecule has 0 aromatic heterocycles. The average Bonchev–Trinajstić information content (AvgIpc) is 2.54. The Bertz CT molecular complexity index is 523. The molecule has 0 unspecified atom stereocenters. The maximum absolute atomic E-state index is 12.1. The molecule has 1 heterocycles. The number of halogens is 1. The summed E-state index contributed by atoms with van der Waals surface area (Å²) in [5, 5.41) is 0.619. The number of rotatable bonds is 0. The number of amides is 1. The number of ether oxygens (including phenoxy) is 1. The molecule has 110 valence electrons. The Hall–Kier alpha value is -1.42. The van der Waals surface area contributed by atoms with Gasteiger partial charge in [0.2, 0.25) is 0 Å². The number of carbonyl (C=O) groups excluding carboxylic acids is 1. The Morgan fingerprint density at radius 3 is 2.60 bits per heavy atom. The number of fused-ring (bicyclic) bond motifs is 1. The van der Waals surface area contributed by atoms with E-state index in [-0.39, 0.29) is 6.09 Å². The summed E-state index contributed by atoms with van der Waals surface area (Å²) in [4.78, 5) is 13.8. The van der Waals surface area contributed by atoms with Gasteiger partial charge in [-0.3, -0.25) is 0 Å². The molecule has 2 N–H and O–H groups in total. The summed E-state index contributed by atoms with van der Waals surface area (Å²) in [6.07, 6.45) is 1.21. The summed E-state index contributed by atoms with van der Waals surface area (Å²) in [6.45, 7) is 6.85. The van der Waals surface area contributed by atoms with Gasteiger partial charge in [-0.2, -0.15) is 0 Å². The Balaban J connectivity index is 2.12. The number of nitrogens with two attached hydrogens (primary N) is 1. The van der Waals surface area contributed by atoms with Crippen molar-refractivity contribution in [3.63, 3.8) is 0 Å². The molecule has 0 atom stereocenters. The highest BCUT2D eigenvalue weighted by Gasteiger charge is 2.25. The molecule has 0 radical (unpaired) electrons. The molecule has 1 aliphatic heterocycles. The van der Waals surface area contributed by atoms with Crippen molar-refractivity contribution in [2.75, 3.05) is 18.8 Å². The highest BCUT2D eigenvalue weighted by Crippen LogP contribution is 2.29. The highest BCUT2D eigenvalue weighted by atomic mass is 35.5. The molecule has 1 aromatic carbocycles. The molecule has 1 amide bonds. The van der Waals surface area contributed by atoms with Gasteiger partial charge in [0.05, 0.1) is 10.7 Å². The van der Waals surface area contributed by atoms with Crippen molar-refractivity contribution in [2.24, 2.45) is 0 Å². The number of nitrogen functional groups attached to an aromatic ring is 1. The van der Waals surface area contributed by atoms with Crippen LogP contribution >= 0.6 is 11.6 Å². The molecule has 0 saturated carbocycles. The zero-order valence-electron chi connectivity index (χ0n) is 12.2. The zero-order valence-corrected chi connectivity index (χ0v) is 13.0. The summed E-state index contributed by atoms with van der Waals surface area (Å²) in [6, 6.07) is 3.82. The molecule has 20 heavy (non-hydrogen) atoms. The molecule has 5 heteroatoms. The normalized spacial score (nSPS) is 15.5. The van der Waals surface area contributed by atoms with Crippen LogP contribution < -0.4 is 5.73 Å². The summed E-state index contributed by atoms with van der Waals surface area (Å²) in [5.41, 5.74) is 8.17. The fourth-order valence-corrected chi connectivity index (χ4v) is 2.59. The van der Waals surface area contributed by atoms with Crippen molar-refractivity contribution >= 4 is 23.4 Å². The Labute approximate surface area is 124 Å². The molecule has 1 aromatic rings. The van der Waals surface area contributed by atoms with Crippen LogP contribution in [-0.2, 0) is 17.6 Å². The van der Waals surface area contributed by atoms with Crippen molar-refractivity contribution in [1.82, 2.24) is 4.90 Å². The fraction of sp³-hybridized carbons (Fsp3) is 0.533. The van der Waals surface area contributed by atoms with Crippen molar-refractivity contribution in [2.45, 2.75) is 39.2 Å². The molecule has 1 aliphatic rings. The molecular weight excluding hydrogens is 276 g/mol. The molecule has 4 nitrogen and oxygen atoms in total. The minimum absolute atomic E-state index is 0.269. The third-order valence-electron chi connectivity index (χ3n) is 3.30. The second-order valence-corrected chi connectivity index (χ2v) is 6.45.